The molecule has 2 saturated heterocycles. The number of hydrogen-bond acceptors (Lipinski definition) is 3. The topological polar surface area (TPSA) is 30.3 Å². The van der Waals surface area contributed by atoms with Gasteiger partial charge in [-0.3, -0.25) is 9.58 Å². The number of rotatable bonds is 6. The molecule has 134 valence electrons. The molecule has 0 spiro atoms. The molecule has 4 heteroatoms. The summed E-state index contributed by atoms with van der Waals surface area (Å²) in [4.78, 5) is 2.79. The molecule has 1 aromatic carbocycles. The van der Waals surface area contributed by atoms with E-state index in [2.05, 4.69) is 51.9 Å². The van der Waals surface area contributed by atoms with Gasteiger partial charge in [0, 0.05) is 30.6 Å². The first-order valence-corrected chi connectivity index (χ1v) is 9.60. The molecule has 0 saturated carbocycles. The third-order valence-electron chi connectivity index (χ3n) is 5.97. The molecule has 0 N–H and O–H groups in total. The van der Waals surface area contributed by atoms with Gasteiger partial charge in [-0.1, -0.05) is 25.1 Å². The number of benzene rings is 1. The van der Waals surface area contributed by atoms with Gasteiger partial charge in [-0.15, -0.1) is 0 Å². The molecule has 2 aromatic rings. The standard InChI is InChI=1S/C21H29N3O/c1-16(15-24-21-6-4-3-5-18(21)13-22-24)14-23-19-7-8-20(23)12-17(11-19)9-10-25-2/h3-6,9-10,13,16-17,19-20H,7-8,11-12,14-15H2,1-2H3/b10-9-/t16-,19+,20+/m1/s1. The summed E-state index contributed by atoms with van der Waals surface area (Å²) in [7, 11) is 1.74. The number of piperidine rings is 1. The lowest BCUT2D eigenvalue weighted by molar-refractivity contribution is 0.0968. The van der Waals surface area contributed by atoms with Crippen LogP contribution in [0, 0.1) is 11.8 Å². The van der Waals surface area contributed by atoms with Crippen molar-refractivity contribution in [1.29, 1.82) is 0 Å². The Morgan fingerprint density at radius 2 is 1.96 bits per heavy atom. The molecule has 2 aliphatic rings. The van der Waals surface area contributed by atoms with Gasteiger partial charge < -0.3 is 4.74 Å². The molecule has 0 aliphatic carbocycles. The fraction of sp³-hybridized carbons (Fsp3) is 0.571. The van der Waals surface area contributed by atoms with Crippen molar-refractivity contribution in [2.45, 2.75) is 51.2 Å². The van der Waals surface area contributed by atoms with Gasteiger partial charge in [-0.05, 0) is 49.7 Å². The second-order valence-corrected chi connectivity index (χ2v) is 7.87. The Bertz CT molecular complexity index is 724. The van der Waals surface area contributed by atoms with E-state index in [1.54, 1.807) is 7.11 Å². The first-order chi connectivity index (χ1) is 12.2. The third-order valence-corrected chi connectivity index (χ3v) is 5.97. The number of aromatic nitrogens is 2. The highest BCUT2D eigenvalue weighted by Gasteiger charge is 2.40. The zero-order valence-electron chi connectivity index (χ0n) is 15.3. The summed E-state index contributed by atoms with van der Waals surface area (Å²) in [5.41, 5.74) is 1.25. The largest absolute Gasteiger partial charge is 0.505 e. The molecular weight excluding hydrogens is 310 g/mol. The number of nitrogens with zero attached hydrogens (tertiary/aromatic N) is 3. The van der Waals surface area contributed by atoms with Crippen LogP contribution in [0.1, 0.15) is 32.6 Å². The molecule has 2 fully saturated rings. The number of methoxy groups -OCH3 is 1. The number of fused-ring (bicyclic) bond motifs is 3. The summed E-state index contributed by atoms with van der Waals surface area (Å²) in [6.07, 6.45) is 11.4. The Morgan fingerprint density at radius 1 is 1.20 bits per heavy atom. The van der Waals surface area contributed by atoms with Crippen LogP contribution in [-0.2, 0) is 11.3 Å². The van der Waals surface area contributed by atoms with Gasteiger partial charge in [0.2, 0.25) is 0 Å². The Morgan fingerprint density at radius 3 is 2.72 bits per heavy atom. The van der Waals surface area contributed by atoms with Crippen LogP contribution in [-0.4, -0.2) is 40.4 Å². The first-order valence-electron chi connectivity index (χ1n) is 9.60. The molecule has 3 atom stereocenters. The maximum absolute atomic E-state index is 5.12. The second-order valence-electron chi connectivity index (χ2n) is 7.87. The monoisotopic (exact) mass is 339 g/mol. The molecular formula is C21H29N3O. The van der Waals surface area contributed by atoms with Crippen molar-refractivity contribution in [2.75, 3.05) is 13.7 Å². The molecule has 2 aliphatic heterocycles. The summed E-state index contributed by atoms with van der Waals surface area (Å²) in [6.45, 7) is 4.55. The quantitative estimate of drug-likeness (QED) is 0.743. The zero-order chi connectivity index (χ0) is 17.2. The number of ether oxygens (including phenoxy) is 1. The number of allylic oxidation sites excluding steroid dienone is 1. The van der Waals surface area contributed by atoms with Crippen LogP contribution in [0.5, 0.6) is 0 Å². The van der Waals surface area contributed by atoms with E-state index in [9.17, 15) is 0 Å². The molecule has 0 radical (unpaired) electrons. The zero-order valence-corrected chi connectivity index (χ0v) is 15.3. The summed E-state index contributed by atoms with van der Waals surface area (Å²) >= 11 is 0. The molecule has 25 heavy (non-hydrogen) atoms. The van der Waals surface area contributed by atoms with E-state index < -0.39 is 0 Å². The average Bonchev–Trinajstić information content (AvgIpc) is 3.11. The molecule has 4 nitrogen and oxygen atoms in total. The molecule has 1 aromatic heterocycles. The molecule has 0 amide bonds. The average molecular weight is 339 g/mol. The van der Waals surface area contributed by atoms with Crippen LogP contribution >= 0.6 is 0 Å². The SMILES string of the molecule is CO/C=C\C1C[C@@H]2CC[C@@H](C1)N2C[C@@H](C)Cn1ncc2ccccc21. The summed E-state index contributed by atoms with van der Waals surface area (Å²) in [5, 5.41) is 5.84. The second kappa shape index (κ2) is 7.20. The van der Waals surface area contributed by atoms with Crippen LogP contribution in [0.15, 0.2) is 42.8 Å². The lowest BCUT2D eigenvalue weighted by atomic mass is 9.90. The third kappa shape index (κ3) is 3.45. The van der Waals surface area contributed by atoms with E-state index in [1.165, 1.54) is 43.1 Å². The van der Waals surface area contributed by atoms with E-state index in [-0.39, 0.29) is 0 Å². The number of para-hydroxylation sites is 1. The summed E-state index contributed by atoms with van der Waals surface area (Å²) < 4.78 is 7.29. The van der Waals surface area contributed by atoms with Gasteiger partial charge in [0.1, 0.15) is 0 Å². The maximum atomic E-state index is 5.12. The maximum Gasteiger partial charge on any atom is 0.0787 e. The smallest absolute Gasteiger partial charge is 0.0787 e. The van der Waals surface area contributed by atoms with Gasteiger partial charge in [-0.2, -0.15) is 5.10 Å². The highest BCUT2D eigenvalue weighted by atomic mass is 16.5. The minimum atomic E-state index is 0.609. The van der Waals surface area contributed by atoms with Gasteiger partial charge in [0.05, 0.1) is 25.1 Å². The molecule has 2 bridgehead atoms. The van der Waals surface area contributed by atoms with Gasteiger partial charge in [0.15, 0.2) is 0 Å². The Hall–Kier alpha value is -1.81. The first kappa shape index (κ1) is 16.6. The van der Waals surface area contributed by atoms with Crippen molar-refractivity contribution in [1.82, 2.24) is 14.7 Å². The van der Waals surface area contributed by atoms with Crippen LogP contribution in [0.25, 0.3) is 10.9 Å². The highest BCUT2D eigenvalue weighted by Crippen LogP contribution is 2.39. The predicted octanol–water partition coefficient (Wildman–Crippen LogP) is 4.08. The van der Waals surface area contributed by atoms with E-state index in [0.29, 0.717) is 11.8 Å². The lowest BCUT2D eigenvalue weighted by Gasteiger charge is -2.39. The van der Waals surface area contributed by atoms with Crippen LogP contribution in [0.4, 0.5) is 0 Å². The lowest BCUT2D eigenvalue weighted by Crippen LogP contribution is -2.45. The van der Waals surface area contributed by atoms with Gasteiger partial charge in [0.25, 0.3) is 0 Å². The molecule has 4 rings (SSSR count). The fourth-order valence-corrected chi connectivity index (χ4v) is 4.85. The van der Waals surface area contributed by atoms with E-state index in [4.69, 9.17) is 4.74 Å². The van der Waals surface area contributed by atoms with Crippen molar-refractivity contribution in [3.05, 3.63) is 42.8 Å². The fourth-order valence-electron chi connectivity index (χ4n) is 4.85. The molecule has 0 unspecified atom stereocenters. The minimum absolute atomic E-state index is 0.609. The van der Waals surface area contributed by atoms with Crippen LogP contribution < -0.4 is 0 Å². The Labute approximate surface area is 150 Å². The van der Waals surface area contributed by atoms with Crippen LogP contribution in [0.2, 0.25) is 0 Å². The van der Waals surface area contributed by atoms with Crippen molar-refractivity contribution >= 4 is 10.9 Å². The minimum Gasteiger partial charge on any atom is -0.505 e. The Kier molecular flexibility index (Phi) is 4.80. The van der Waals surface area contributed by atoms with Crippen LogP contribution in [0.3, 0.4) is 0 Å². The summed E-state index contributed by atoms with van der Waals surface area (Å²) in [5.74, 6) is 1.30. The Balaban J connectivity index is 1.38. The van der Waals surface area contributed by atoms with Crippen molar-refractivity contribution in [3.63, 3.8) is 0 Å². The van der Waals surface area contributed by atoms with Crippen molar-refractivity contribution in [3.8, 4) is 0 Å². The highest BCUT2D eigenvalue weighted by molar-refractivity contribution is 5.78. The van der Waals surface area contributed by atoms with E-state index in [0.717, 1.165) is 18.6 Å². The number of hydrogen-bond donors (Lipinski definition) is 0. The van der Waals surface area contributed by atoms with E-state index in [1.807, 2.05) is 12.5 Å². The normalized spacial score (nSPS) is 28.0. The summed E-state index contributed by atoms with van der Waals surface area (Å²) in [6, 6.07) is 10.00. The van der Waals surface area contributed by atoms with Crippen molar-refractivity contribution < 1.29 is 4.74 Å². The molecule has 3 heterocycles. The predicted molar refractivity (Wildman–Crippen MR) is 101 cm³/mol. The van der Waals surface area contributed by atoms with Crippen molar-refractivity contribution in [2.24, 2.45) is 11.8 Å². The van der Waals surface area contributed by atoms with Gasteiger partial charge in [-0.25, -0.2) is 0 Å². The van der Waals surface area contributed by atoms with Gasteiger partial charge >= 0.3 is 0 Å². The van der Waals surface area contributed by atoms with E-state index >= 15 is 0 Å².